The van der Waals surface area contributed by atoms with E-state index in [0.717, 1.165) is 18.8 Å². The molecule has 0 aliphatic heterocycles. The van der Waals surface area contributed by atoms with Gasteiger partial charge in [0.2, 0.25) is 0 Å². The smallest absolute Gasteiger partial charge is 0.0893 e. The number of rotatable bonds is 4. The Hall–Kier alpha value is -0.480. The topological polar surface area (TPSA) is 37.8 Å². The van der Waals surface area contributed by atoms with Gasteiger partial charge in [-0.05, 0) is 29.8 Å². The van der Waals surface area contributed by atoms with Gasteiger partial charge in [-0.3, -0.25) is 0 Å². The number of nitrogens with one attached hydrogen (secondary N) is 1. The monoisotopic (exact) mass is 211 g/mol. The van der Waals surface area contributed by atoms with Gasteiger partial charge in [-0.2, -0.15) is 0 Å². The number of nitrogens with zero attached hydrogens (tertiary/aromatic N) is 2. The summed E-state index contributed by atoms with van der Waals surface area (Å²) in [6.45, 7) is 4.36. The summed E-state index contributed by atoms with van der Waals surface area (Å²) in [5, 5.41) is 9.49. The van der Waals surface area contributed by atoms with Crippen LogP contribution in [0.5, 0.6) is 0 Å². The maximum absolute atomic E-state index is 4.01. The average molecular weight is 211 g/mol. The highest BCUT2D eigenvalue weighted by atomic mass is 32.1. The highest BCUT2D eigenvalue weighted by Gasteiger charge is 2.27. The minimum atomic E-state index is 0.531. The van der Waals surface area contributed by atoms with E-state index in [-0.39, 0.29) is 0 Å². The maximum Gasteiger partial charge on any atom is 0.0893 e. The molecule has 0 saturated heterocycles. The molecule has 0 unspecified atom stereocenters. The van der Waals surface area contributed by atoms with E-state index in [1.165, 1.54) is 37.2 Å². The van der Waals surface area contributed by atoms with Crippen LogP contribution in [0.25, 0.3) is 0 Å². The van der Waals surface area contributed by atoms with E-state index in [4.69, 9.17) is 0 Å². The molecule has 0 aromatic carbocycles. The Kier molecular flexibility index (Phi) is 3.13. The largest absolute Gasteiger partial charge is 0.311 e. The van der Waals surface area contributed by atoms with Gasteiger partial charge in [0.25, 0.3) is 0 Å². The van der Waals surface area contributed by atoms with E-state index in [9.17, 15) is 0 Å². The van der Waals surface area contributed by atoms with Crippen molar-refractivity contribution in [3.05, 3.63) is 11.1 Å². The zero-order valence-corrected chi connectivity index (χ0v) is 9.44. The fraction of sp³-hybridized carbons (Fsp3) is 0.800. The van der Waals surface area contributed by atoms with Crippen molar-refractivity contribution in [3.63, 3.8) is 0 Å². The number of hydrogen-bond acceptors (Lipinski definition) is 4. The molecule has 0 amide bonds. The Balaban J connectivity index is 1.72. The molecule has 2 rings (SSSR count). The molecule has 1 N–H and O–H groups in total. The van der Waals surface area contributed by atoms with Gasteiger partial charge in [-0.1, -0.05) is 24.3 Å². The van der Waals surface area contributed by atoms with Gasteiger partial charge in [0.05, 0.1) is 5.69 Å². The van der Waals surface area contributed by atoms with Gasteiger partial charge in [-0.15, -0.1) is 5.10 Å². The highest BCUT2D eigenvalue weighted by Crippen LogP contribution is 2.36. The Morgan fingerprint density at radius 3 is 2.93 bits per heavy atom. The van der Waals surface area contributed by atoms with Crippen LogP contribution in [0.15, 0.2) is 5.38 Å². The first kappa shape index (κ1) is 10.1. The summed E-state index contributed by atoms with van der Waals surface area (Å²) in [6.07, 6.45) is 5.54. The second-order valence-electron chi connectivity index (χ2n) is 4.52. The van der Waals surface area contributed by atoms with Crippen molar-refractivity contribution in [2.24, 2.45) is 5.41 Å². The third-order valence-electron chi connectivity index (χ3n) is 3.07. The SMILES string of the molecule is CC1(CNCc2csnn2)CCCC1. The Morgan fingerprint density at radius 2 is 2.29 bits per heavy atom. The molecule has 1 aliphatic carbocycles. The van der Waals surface area contributed by atoms with Gasteiger partial charge < -0.3 is 5.32 Å². The fourth-order valence-corrected chi connectivity index (χ4v) is 2.61. The van der Waals surface area contributed by atoms with E-state index in [1.54, 1.807) is 0 Å². The van der Waals surface area contributed by atoms with Crippen molar-refractivity contribution in [1.82, 2.24) is 14.9 Å². The van der Waals surface area contributed by atoms with E-state index in [2.05, 4.69) is 21.8 Å². The molecule has 1 heterocycles. The molecule has 0 radical (unpaired) electrons. The van der Waals surface area contributed by atoms with Crippen molar-refractivity contribution >= 4 is 11.5 Å². The van der Waals surface area contributed by atoms with Crippen LogP contribution >= 0.6 is 11.5 Å². The molecule has 1 aliphatic rings. The van der Waals surface area contributed by atoms with Crippen LogP contribution in [0.1, 0.15) is 38.3 Å². The maximum atomic E-state index is 4.01. The predicted octanol–water partition coefficient (Wildman–Crippen LogP) is 2.21. The minimum absolute atomic E-state index is 0.531. The molecule has 14 heavy (non-hydrogen) atoms. The molecule has 1 fully saturated rings. The standard InChI is InChI=1S/C10H17N3S/c1-10(4-2-3-5-10)8-11-6-9-7-14-13-12-9/h7,11H,2-6,8H2,1H3. The first-order chi connectivity index (χ1) is 6.79. The zero-order chi connectivity index (χ0) is 9.86. The minimum Gasteiger partial charge on any atom is -0.311 e. The van der Waals surface area contributed by atoms with Crippen molar-refractivity contribution in [3.8, 4) is 0 Å². The lowest BCUT2D eigenvalue weighted by atomic mass is 9.89. The molecule has 1 aromatic heterocycles. The summed E-state index contributed by atoms with van der Waals surface area (Å²) in [6, 6.07) is 0. The molecular weight excluding hydrogens is 194 g/mol. The molecule has 3 nitrogen and oxygen atoms in total. The van der Waals surface area contributed by atoms with Crippen LogP contribution in [0.2, 0.25) is 0 Å². The molecular formula is C10H17N3S. The van der Waals surface area contributed by atoms with Crippen LogP contribution in [0.3, 0.4) is 0 Å². The van der Waals surface area contributed by atoms with Gasteiger partial charge in [0.1, 0.15) is 0 Å². The van der Waals surface area contributed by atoms with Crippen molar-refractivity contribution < 1.29 is 0 Å². The third kappa shape index (κ3) is 2.51. The lowest BCUT2D eigenvalue weighted by Gasteiger charge is -2.23. The summed E-state index contributed by atoms with van der Waals surface area (Å²) < 4.78 is 3.84. The molecule has 4 heteroatoms. The second-order valence-corrected chi connectivity index (χ2v) is 5.13. The third-order valence-corrected chi connectivity index (χ3v) is 3.63. The lowest BCUT2D eigenvalue weighted by Crippen LogP contribution is -2.29. The highest BCUT2D eigenvalue weighted by molar-refractivity contribution is 7.03. The Morgan fingerprint density at radius 1 is 1.50 bits per heavy atom. The molecule has 0 spiro atoms. The zero-order valence-electron chi connectivity index (χ0n) is 8.62. The van der Waals surface area contributed by atoms with Crippen LogP contribution in [0.4, 0.5) is 0 Å². The summed E-state index contributed by atoms with van der Waals surface area (Å²) in [5.74, 6) is 0. The van der Waals surface area contributed by atoms with Gasteiger partial charge >= 0.3 is 0 Å². The molecule has 78 valence electrons. The molecule has 0 atom stereocenters. The van der Waals surface area contributed by atoms with Crippen molar-refractivity contribution in [2.45, 2.75) is 39.2 Å². The lowest BCUT2D eigenvalue weighted by molar-refractivity contribution is 0.314. The number of hydrogen-bond donors (Lipinski definition) is 1. The molecule has 1 saturated carbocycles. The summed E-state index contributed by atoms with van der Waals surface area (Å²) in [7, 11) is 0. The molecule has 0 bridgehead atoms. The van der Waals surface area contributed by atoms with Gasteiger partial charge in [-0.25, -0.2) is 0 Å². The van der Waals surface area contributed by atoms with E-state index in [0.29, 0.717) is 5.41 Å². The van der Waals surface area contributed by atoms with Gasteiger partial charge in [0, 0.05) is 18.5 Å². The van der Waals surface area contributed by atoms with E-state index < -0.39 is 0 Å². The van der Waals surface area contributed by atoms with Crippen molar-refractivity contribution in [1.29, 1.82) is 0 Å². The van der Waals surface area contributed by atoms with Crippen molar-refractivity contribution in [2.75, 3.05) is 6.54 Å². The summed E-state index contributed by atoms with van der Waals surface area (Å²) in [5.41, 5.74) is 1.60. The predicted molar refractivity (Wildman–Crippen MR) is 58.2 cm³/mol. The van der Waals surface area contributed by atoms with E-state index in [1.807, 2.05) is 5.38 Å². The van der Waals surface area contributed by atoms with Crippen LogP contribution in [0, 0.1) is 5.41 Å². The Bertz CT molecular complexity index is 265. The molecule has 1 aromatic rings. The van der Waals surface area contributed by atoms with Crippen LogP contribution in [-0.4, -0.2) is 16.1 Å². The normalized spacial score (nSPS) is 20.1. The Labute approximate surface area is 89.1 Å². The summed E-state index contributed by atoms with van der Waals surface area (Å²) in [4.78, 5) is 0. The first-order valence-corrected chi connectivity index (χ1v) is 6.09. The quantitative estimate of drug-likeness (QED) is 0.829. The second kappa shape index (κ2) is 4.36. The van der Waals surface area contributed by atoms with E-state index >= 15 is 0 Å². The number of aromatic nitrogens is 2. The van der Waals surface area contributed by atoms with Gasteiger partial charge in [0.15, 0.2) is 0 Å². The van der Waals surface area contributed by atoms with Crippen LogP contribution < -0.4 is 5.32 Å². The average Bonchev–Trinajstić information content (AvgIpc) is 2.77. The van der Waals surface area contributed by atoms with Crippen LogP contribution in [-0.2, 0) is 6.54 Å². The fourth-order valence-electron chi connectivity index (χ4n) is 2.16. The summed E-state index contributed by atoms with van der Waals surface area (Å²) >= 11 is 1.42. The first-order valence-electron chi connectivity index (χ1n) is 5.25.